The Hall–Kier alpha value is -1.16. The maximum atomic E-state index is 13.3. The SMILES string of the molecule is CC(C)C(CCO)Nc1ncccc1F. The van der Waals surface area contributed by atoms with Gasteiger partial charge in [0.25, 0.3) is 0 Å². The van der Waals surface area contributed by atoms with E-state index in [-0.39, 0.29) is 24.3 Å². The summed E-state index contributed by atoms with van der Waals surface area (Å²) in [6.07, 6.45) is 2.13. The molecule has 2 N–H and O–H groups in total. The monoisotopic (exact) mass is 212 g/mol. The predicted octanol–water partition coefficient (Wildman–Crippen LogP) is 2.04. The number of nitrogens with one attached hydrogen (secondary N) is 1. The summed E-state index contributed by atoms with van der Waals surface area (Å²) in [6, 6.07) is 2.96. The second kappa shape index (κ2) is 5.66. The Morgan fingerprint density at radius 2 is 2.27 bits per heavy atom. The Labute approximate surface area is 89.4 Å². The van der Waals surface area contributed by atoms with Crippen LogP contribution in [0, 0.1) is 11.7 Å². The third-order valence-corrected chi connectivity index (χ3v) is 2.33. The van der Waals surface area contributed by atoms with Gasteiger partial charge in [0.2, 0.25) is 0 Å². The second-order valence-corrected chi connectivity index (χ2v) is 3.84. The molecule has 1 aromatic rings. The van der Waals surface area contributed by atoms with Crippen LogP contribution in [0.25, 0.3) is 0 Å². The number of hydrogen-bond donors (Lipinski definition) is 2. The van der Waals surface area contributed by atoms with Crippen LogP contribution in [0.5, 0.6) is 0 Å². The van der Waals surface area contributed by atoms with Gasteiger partial charge in [-0.1, -0.05) is 13.8 Å². The van der Waals surface area contributed by atoms with E-state index >= 15 is 0 Å². The first-order valence-corrected chi connectivity index (χ1v) is 5.13. The Morgan fingerprint density at radius 1 is 1.53 bits per heavy atom. The highest BCUT2D eigenvalue weighted by molar-refractivity contribution is 5.36. The smallest absolute Gasteiger partial charge is 0.165 e. The number of nitrogens with zero attached hydrogens (tertiary/aromatic N) is 1. The number of hydrogen-bond acceptors (Lipinski definition) is 3. The van der Waals surface area contributed by atoms with Crippen molar-refractivity contribution in [3.05, 3.63) is 24.1 Å². The molecule has 0 fully saturated rings. The molecule has 1 aromatic heterocycles. The fraction of sp³-hybridized carbons (Fsp3) is 0.545. The minimum Gasteiger partial charge on any atom is -0.396 e. The Balaban J connectivity index is 2.69. The molecule has 0 radical (unpaired) electrons. The van der Waals surface area contributed by atoms with Crippen molar-refractivity contribution >= 4 is 5.82 Å². The summed E-state index contributed by atoms with van der Waals surface area (Å²) in [5.41, 5.74) is 0. The third-order valence-electron chi connectivity index (χ3n) is 2.33. The Bertz CT molecular complexity index is 304. The minimum atomic E-state index is -0.360. The van der Waals surface area contributed by atoms with Crippen LogP contribution in [0.3, 0.4) is 0 Å². The quantitative estimate of drug-likeness (QED) is 0.785. The maximum absolute atomic E-state index is 13.3. The summed E-state index contributed by atoms with van der Waals surface area (Å²) >= 11 is 0. The summed E-state index contributed by atoms with van der Waals surface area (Å²) in [6.45, 7) is 4.13. The van der Waals surface area contributed by atoms with E-state index < -0.39 is 0 Å². The standard InChI is InChI=1S/C11H17FN2O/c1-8(2)10(5-7-15)14-11-9(12)4-3-6-13-11/h3-4,6,8,10,15H,5,7H2,1-2H3,(H,13,14). The highest BCUT2D eigenvalue weighted by Crippen LogP contribution is 2.15. The Kier molecular flexibility index (Phi) is 4.49. The lowest BCUT2D eigenvalue weighted by Crippen LogP contribution is -2.27. The molecule has 0 aromatic carbocycles. The molecule has 3 nitrogen and oxygen atoms in total. The van der Waals surface area contributed by atoms with E-state index in [4.69, 9.17) is 5.11 Å². The fourth-order valence-electron chi connectivity index (χ4n) is 1.38. The maximum Gasteiger partial charge on any atom is 0.165 e. The molecule has 4 heteroatoms. The van der Waals surface area contributed by atoms with E-state index in [1.807, 2.05) is 13.8 Å². The zero-order valence-electron chi connectivity index (χ0n) is 9.07. The second-order valence-electron chi connectivity index (χ2n) is 3.84. The van der Waals surface area contributed by atoms with Gasteiger partial charge < -0.3 is 10.4 Å². The van der Waals surface area contributed by atoms with Crippen molar-refractivity contribution in [2.24, 2.45) is 5.92 Å². The number of halogens is 1. The third kappa shape index (κ3) is 3.47. The molecule has 1 atom stereocenters. The van der Waals surface area contributed by atoms with Crippen molar-refractivity contribution < 1.29 is 9.50 Å². The molecule has 0 saturated carbocycles. The summed E-state index contributed by atoms with van der Waals surface area (Å²) < 4.78 is 13.3. The van der Waals surface area contributed by atoms with Crippen molar-refractivity contribution in [1.29, 1.82) is 0 Å². The molecular weight excluding hydrogens is 195 g/mol. The molecule has 0 aliphatic rings. The topological polar surface area (TPSA) is 45.1 Å². The summed E-state index contributed by atoms with van der Waals surface area (Å²) in [7, 11) is 0. The number of anilines is 1. The highest BCUT2D eigenvalue weighted by atomic mass is 19.1. The van der Waals surface area contributed by atoms with Gasteiger partial charge in [-0.05, 0) is 24.5 Å². The van der Waals surface area contributed by atoms with Crippen LogP contribution in [0.15, 0.2) is 18.3 Å². The lowest BCUT2D eigenvalue weighted by Gasteiger charge is -2.22. The van der Waals surface area contributed by atoms with E-state index in [1.165, 1.54) is 6.07 Å². The van der Waals surface area contributed by atoms with E-state index in [0.29, 0.717) is 12.3 Å². The first-order valence-electron chi connectivity index (χ1n) is 5.13. The predicted molar refractivity (Wildman–Crippen MR) is 58.1 cm³/mol. The zero-order chi connectivity index (χ0) is 11.3. The number of aliphatic hydroxyl groups is 1. The van der Waals surface area contributed by atoms with Gasteiger partial charge in [0.15, 0.2) is 11.6 Å². The van der Waals surface area contributed by atoms with Crippen LogP contribution in [0.4, 0.5) is 10.2 Å². The highest BCUT2D eigenvalue weighted by Gasteiger charge is 2.14. The molecule has 0 saturated heterocycles. The minimum absolute atomic E-state index is 0.0411. The molecule has 0 spiro atoms. The molecular formula is C11H17FN2O. The van der Waals surface area contributed by atoms with Crippen molar-refractivity contribution in [2.45, 2.75) is 26.3 Å². The van der Waals surface area contributed by atoms with Crippen molar-refractivity contribution in [1.82, 2.24) is 4.98 Å². The number of aromatic nitrogens is 1. The van der Waals surface area contributed by atoms with Crippen LogP contribution < -0.4 is 5.32 Å². The number of rotatable bonds is 5. The Morgan fingerprint density at radius 3 is 2.80 bits per heavy atom. The van der Waals surface area contributed by atoms with Gasteiger partial charge >= 0.3 is 0 Å². The van der Waals surface area contributed by atoms with Crippen LogP contribution in [-0.2, 0) is 0 Å². The van der Waals surface area contributed by atoms with E-state index in [0.717, 1.165) is 0 Å². The molecule has 84 valence electrons. The van der Waals surface area contributed by atoms with Gasteiger partial charge in [-0.2, -0.15) is 0 Å². The summed E-state index contributed by atoms with van der Waals surface area (Å²) in [4.78, 5) is 3.91. The van der Waals surface area contributed by atoms with Gasteiger partial charge in [0.05, 0.1) is 0 Å². The molecule has 1 rings (SSSR count). The first-order chi connectivity index (χ1) is 7.15. The van der Waals surface area contributed by atoms with Gasteiger partial charge in [-0.15, -0.1) is 0 Å². The van der Waals surface area contributed by atoms with Crippen molar-refractivity contribution in [3.63, 3.8) is 0 Å². The summed E-state index contributed by atoms with van der Waals surface area (Å²) in [5.74, 6) is 0.212. The summed E-state index contributed by atoms with van der Waals surface area (Å²) in [5, 5.41) is 11.9. The largest absolute Gasteiger partial charge is 0.396 e. The molecule has 0 bridgehead atoms. The van der Waals surface area contributed by atoms with Gasteiger partial charge in [0, 0.05) is 18.8 Å². The average Bonchev–Trinajstić information content (AvgIpc) is 2.20. The van der Waals surface area contributed by atoms with Crippen molar-refractivity contribution in [3.8, 4) is 0 Å². The fourth-order valence-corrected chi connectivity index (χ4v) is 1.38. The molecule has 15 heavy (non-hydrogen) atoms. The normalized spacial score (nSPS) is 12.9. The number of aliphatic hydroxyl groups excluding tert-OH is 1. The van der Waals surface area contributed by atoms with Gasteiger partial charge in [-0.3, -0.25) is 0 Å². The average molecular weight is 212 g/mol. The molecule has 1 unspecified atom stereocenters. The van der Waals surface area contributed by atoms with E-state index in [2.05, 4.69) is 10.3 Å². The van der Waals surface area contributed by atoms with E-state index in [9.17, 15) is 4.39 Å². The van der Waals surface area contributed by atoms with Gasteiger partial charge in [-0.25, -0.2) is 9.37 Å². The number of pyridine rings is 1. The van der Waals surface area contributed by atoms with Gasteiger partial charge in [0.1, 0.15) is 0 Å². The van der Waals surface area contributed by atoms with Crippen LogP contribution in [0.1, 0.15) is 20.3 Å². The molecule has 0 aliphatic heterocycles. The zero-order valence-corrected chi connectivity index (χ0v) is 9.07. The van der Waals surface area contributed by atoms with Crippen LogP contribution >= 0.6 is 0 Å². The van der Waals surface area contributed by atoms with Crippen molar-refractivity contribution in [2.75, 3.05) is 11.9 Å². The molecule has 1 heterocycles. The molecule has 0 amide bonds. The van der Waals surface area contributed by atoms with Crippen LogP contribution in [0.2, 0.25) is 0 Å². The first kappa shape index (κ1) is 11.9. The lowest BCUT2D eigenvalue weighted by molar-refractivity contribution is 0.267. The lowest BCUT2D eigenvalue weighted by atomic mass is 10.0. The van der Waals surface area contributed by atoms with Crippen LogP contribution in [-0.4, -0.2) is 22.7 Å². The molecule has 0 aliphatic carbocycles. The van der Waals surface area contributed by atoms with E-state index in [1.54, 1.807) is 12.3 Å².